The molecule has 0 N–H and O–H groups in total. The van der Waals surface area contributed by atoms with Crippen LogP contribution in [0.1, 0.15) is 40.5 Å². The van der Waals surface area contributed by atoms with Crippen molar-refractivity contribution in [1.29, 1.82) is 0 Å². The summed E-state index contributed by atoms with van der Waals surface area (Å²) in [6, 6.07) is 0. The number of hydrogen-bond donors (Lipinski definition) is 0. The zero-order chi connectivity index (χ0) is 8.43. The molecule has 62 valence electrons. The third kappa shape index (κ3) is 1.95. The van der Waals surface area contributed by atoms with Crippen LogP contribution in [0.2, 0.25) is 0 Å². The van der Waals surface area contributed by atoms with Gasteiger partial charge >= 0.3 is 0 Å². The molecule has 0 heterocycles. The summed E-state index contributed by atoms with van der Waals surface area (Å²) in [4.78, 5) is 0. The Morgan fingerprint density at radius 2 is 2.00 bits per heavy atom. The smallest absolute Gasteiger partial charge is 0.00465 e. The van der Waals surface area contributed by atoms with E-state index in [0.29, 0.717) is 5.92 Å². The van der Waals surface area contributed by atoms with Crippen LogP contribution in [0.25, 0.3) is 0 Å². The van der Waals surface area contributed by atoms with Crippen LogP contribution in [-0.4, -0.2) is 0 Å². The predicted molar refractivity (Wildman–Crippen MR) is 50.5 cm³/mol. The molecule has 0 nitrogen and oxygen atoms in total. The second kappa shape index (κ2) is 3.25. The van der Waals surface area contributed by atoms with Gasteiger partial charge < -0.3 is 0 Å². The molecule has 0 amide bonds. The van der Waals surface area contributed by atoms with Crippen molar-refractivity contribution in [3.63, 3.8) is 0 Å². The van der Waals surface area contributed by atoms with Crippen LogP contribution in [0.5, 0.6) is 0 Å². The second-order valence-corrected chi connectivity index (χ2v) is 3.83. The first-order valence-electron chi connectivity index (χ1n) is 4.45. The maximum atomic E-state index is 2.39. The van der Waals surface area contributed by atoms with E-state index in [4.69, 9.17) is 0 Å². The van der Waals surface area contributed by atoms with Crippen molar-refractivity contribution in [2.24, 2.45) is 5.92 Å². The van der Waals surface area contributed by atoms with E-state index in [1.165, 1.54) is 18.4 Å². The zero-order valence-corrected chi connectivity index (χ0v) is 8.07. The lowest BCUT2D eigenvalue weighted by Crippen LogP contribution is -2.04. The highest BCUT2D eigenvalue weighted by Crippen LogP contribution is 2.29. The van der Waals surface area contributed by atoms with Crippen molar-refractivity contribution in [1.82, 2.24) is 0 Å². The first-order chi connectivity index (χ1) is 5.11. The molecule has 1 unspecified atom stereocenters. The van der Waals surface area contributed by atoms with Crippen LogP contribution in [0, 0.1) is 5.92 Å². The minimum absolute atomic E-state index is 0.689. The van der Waals surface area contributed by atoms with Crippen molar-refractivity contribution < 1.29 is 0 Å². The molecule has 0 bridgehead atoms. The minimum Gasteiger partial charge on any atom is -0.0787 e. The van der Waals surface area contributed by atoms with Gasteiger partial charge in [0.2, 0.25) is 0 Å². The van der Waals surface area contributed by atoms with Gasteiger partial charge in [0.05, 0.1) is 0 Å². The average Bonchev–Trinajstić information content (AvgIpc) is 1.85. The molecule has 0 saturated carbocycles. The Hall–Kier alpha value is -0.520. The topological polar surface area (TPSA) is 0 Å². The zero-order valence-electron chi connectivity index (χ0n) is 8.07. The van der Waals surface area contributed by atoms with Gasteiger partial charge in [-0.3, -0.25) is 0 Å². The van der Waals surface area contributed by atoms with Gasteiger partial charge in [-0.1, -0.05) is 29.7 Å². The molecule has 11 heavy (non-hydrogen) atoms. The maximum Gasteiger partial charge on any atom is -0.00465 e. The lowest BCUT2D eigenvalue weighted by Gasteiger charge is -2.21. The molecule has 0 aromatic carbocycles. The van der Waals surface area contributed by atoms with Crippen molar-refractivity contribution in [2.45, 2.75) is 40.5 Å². The summed E-state index contributed by atoms with van der Waals surface area (Å²) in [5, 5.41) is 0. The maximum absolute atomic E-state index is 2.39. The number of hydrogen-bond acceptors (Lipinski definition) is 0. The molecule has 1 rings (SSSR count). The Kier molecular flexibility index (Phi) is 2.53. The van der Waals surface area contributed by atoms with Crippen molar-refractivity contribution in [2.75, 3.05) is 0 Å². The monoisotopic (exact) mass is 150 g/mol. The van der Waals surface area contributed by atoms with Crippen LogP contribution in [0.15, 0.2) is 22.8 Å². The molecule has 0 heteroatoms. The van der Waals surface area contributed by atoms with Crippen LogP contribution >= 0.6 is 0 Å². The van der Waals surface area contributed by atoms with Gasteiger partial charge in [0.15, 0.2) is 0 Å². The molecular formula is C11H18. The van der Waals surface area contributed by atoms with Gasteiger partial charge in [0.1, 0.15) is 0 Å². The Bertz CT molecular complexity index is 202. The molecule has 0 radical (unpaired) electrons. The quantitative estimate of drug-likeness (QED) is 0.462. The van der Waals surface area contributed by atoms with E-state index in [1.807, 2.05) is 0 Å². The highest BCUT2D eigenvalue weighted by atomic mass is 14.2. The third-order valence-electron chi connectivity index (χ3n) is 2.52. The van der Waals surface area contributed by atoms with Gasteiger partial charge in [0.25, 0.3) is 0 Å². The molecule has 1 atom stereocenters. The molecule has 0 fully saturated rings. The number of allylic oxidation sites excluding steroid dienone is 4. The molecule has 0 aromatic rings. The summed E-state index contributed by atoms with van der Waals surface area (Å²) in [6.45, 7) is 8.98. The summed E-state index contributed by atoms with van der Waals surface area (Å²) < 4.78 is 0. The molecule has 0 aromatic heterocycles. The minimum atomic E-state index is 0.689. The van der Waals surface area contributed by atoms with Gasteiger partial charge in [-0.2, -0.15) is 0 Å². The highest BCUT2D eigenvalue weighted by Gasteiger charge is 2.12. The van der Waals surface area contributed by atoms with E-state index in [9.17, 15) is 0 Å². The van der Waals surface area contributed by atoms with E-state index >= 15 is 0 Å². The third-order valence-corrected chi connectivity index (χ3v) is 2.52. The standard InChI is InChI=1S/C11H18/c1-8(2)11-6-5-9(3)7-10(11)4/h7,10H,5-6H2,1-4H3. The Morgan fingerprint density at radius 3 is 2.45 bits per heavy atom. The fraction of sp³-hybridized carbons (Fsp3) is 0.636. The van der Waals surface area contributed by atoms with E-state index in [0.717, 1.165) is 0 Å². The van der Waals surface area contributed by atoms with Crippen molar-refractivity contribution in [3.05, 3.63) is 22.8 Å². The predicted octanol–water partition coefficient (Wildman–Crippen LogP) is 3.70. The highest BCUT2D eigenvalue weighted by molar-refractivity contribution is 5.24. The lowest BCUT2D eigenvalue weighted by molar-refractivity contribution is 0.706. The largest absolute Gasteiger partial charge is 0.0787 e. The van der Waals surface area contributed by atoms with Crippen LogP contribution < -0.4 is 0 Å². The van der Waals surface area contributed by atoms with Crippen molar-refractivity contribution in [3.8, 4) is 0 Å². The summed E-state index contributed by atoms with van der Waals surface area (Å²) in [7, 11) is 0. The van der Waals surface area contributed by atoms with Gasteiger partial charge in [-0.15, -0.1) is 0 Å². The normalized spacial score (nSPS) is 24.9. The molecule has 0 aliphatic heterocycles. The molecular weight excluding hydrogens is 132 g/mol. The van der Waals surface area contributed by atoms with Crippen LogP contribution in [0.4, 0.5) is 0 Å². The van der Waals surface area contributed by atoms with E-state index in [2.05, 4.69) is 33.8 Å². The summed E-state index contributed by atoms with van der Waals surface area (Å²) in [5.41, 5.74) is 4.72. The van der Waals surface area contributed by atoms with Crippen LogP contribution in [0.3, 0.4) is 0 Å². The second-order valence-electron chi connectivity index (χ2n) is 3.83. The Morgan fingerprint density at radius 1 is 1.36 bits per heavy atom. The lowest BCUT2D eigenvalue weighted by atomic mass is 9.85. The first kappa shape index (κ1) is 8.58. The first-order valence-corrected chi connectivity index (χ1v) is 4.45. The molecule has 0 saturated heterocycles. The summed E-state index contributed by atoms with van der Waals surface area (Å²) >= 11 is 0. The number of rotatable bonds is 0. The summed E-state index contributed by atoms with van der Waals surface area (Å²) in [6.07, 6.45) is 4.95. The van der Waals surface area contributed by atoms with E-state index < -0.39 is 0 Å². The molecule has 1 aliphatic rings. The van der Waals surface area contributed by atoms with Gasteiger partial charge in [-0.25, -0.2) is 0 Å². The average molecular weight is 150 g/mol. The Balaban J connectivity index is 2.85. The Labute approximate surface area is 70.0 Å². The van der Waals surface area contributed by atoms with Crippen molar-refractivity contribution >= 4 is 0 Å². The molecule has 1 aliphatic carbocycles. The SMILES string of the molecule is CC1=CC(C)C(=C(C)C)CC1. The van der Waals surface area contributed by atoms with Gasteiger partial charge in [-0.05, 0) is 39.5 Å². The fourth-order valence-electron chi connectivity index (χ4n) is 1.88. The van der Waals surface area contributed by atoms with E-state index in [-0.39, 0.29) is 0 Å². The van der Waals surface area contributed by atoms with E-state index in [1.54, 1.807) is 11.1 Å². The van der Waals surface area contributed by atoms with Gasteiger partial charge in [0, 0.05) is 0 Å². The van der Waals surface area contributed by atoms with Crippen LogP contribution in [-0.2, 0) is 0 Å². The fourth-order valence-corrected chi connectivity index (χ4v) is 1.88. The summed E-state index contributed by atoms with van der Waals surface area (Å²) in [5.74, 6) is 0.689. The molecule has 0 spiro atoms.